The summed E-state index contributed by atoms with van der Waals surface area (Å²) in [7, 11) is 0. The number of aliphatic hydroxyl groups is 1. The number of benzene rings is 2. The molecular weight excluding hydrogens is 277 g/mol. The fourth-order valence-electron chi connectivity index (χ4n) is 2.83. The summed E-state index contributed by atoms with van der Waals surface area (Å²) >= 11 is 0. The normalized spacial score (nSPS) is 13.0. The molecule has 1 aliphatic rings. The fraction of sp³-hybridized carbons (Fsp3) is 0.105. The lowest BCUT2D eigenvalue weighted by Crippen LogP contribution is -2.05. The molecule has 0 amide bonds. The number of aryl methyl sites for hydroxylation is 1. The minimum Gasteiger partial charge on any atom is -0.508 e. The maximum absolute atomic E-state index is 14.3. The summed E-state index contributed by atoms with van der Waals surface area (Å²) in [4.78, 5) is 0. The second-order valence-corrected chi connectivity index (χ2v) is 5.25. The number of hydrogen-bond donors (Lipinski definition) is 1. The van der Waals surface area contributed by atoms with E-state index in [1.54, 1.807) is 18.2 Å². The molecule has 108 valence electrons. The summed E-state index contributed by atoms with van der Waals surface area (Å²) in [6, 6.07) is 12.1. The molecule has 0 unspecified atom stereocenters. The fourth-order valence-corrected chi connectivity index (χ4v) is 2.83. The zero-order valence-electron chi connectivity index (χ0n) is 11.9. The second-order valence-electron chi connectivity index (χ2n) is 5.25. The van der Waals surface area contributed by atoms with Gasteiger partial charge in [0, 0.05) is 11.1 Å². The first-order valence-electron chi connectivity index (χ1n) is 7.02. The van der Waals surface area contributed by atoms with Crippen molar-refractivity contribution >= 4 is 11.3 Å². The molecule has 0 bridgehead atoms. The van der Waals surface area contributed by atoms with Gasteiger partial charge < -0.3 is 5.11 Å². The molecule has 2 aromatic rings. The van der Waals surface area contributed by atoms with Crippen LogP contribution in [0.1, 0.15) is 34.2 Å². The van der Waals surface area contributed by atoms with E-state index in [0.717, 1.165) is 24.0 Å². The Balaban J connectivity index is 2.24. The van der Waals surface area contributed by atoms with E-state index in [9.17, 15) is 14.8 Å². The molecule has 0 saturated carbocycles. The minimum atomic E-state index is -0.411. The number of hydrogen-bond acceptors (Lipinski definition) is 2. The number of rotatable bonds is 2. The van der Waals surface area contributed by atoms with Gasteiger partial charge in [0.15, 0.2) is 0 Å². The number of aliphatic hydroxyl groups excluding tert-OH is 1. The van der Waals surface area contributed by atoms with Crippen LogP contribution in [0.2, 0.25) is 0 Å². The highest BCUT2D eigenvalue weighted by atomic mass is 19.1. The quantitative estimate of drug-likeness (QED) is 0.821. The maximum Gasteiger partial charge on any atom is 0.132 e. The van der Waals surface area contributed by atoms with E-state index in [1.807, 2.05) is 12.1 Å². The molecule has 0 spiro atoms. The van der Waals surface area contributed by atoms with Crippen molar-refractivity contribution in [2.75, 3.05) is 0 Å². The molecule has 1 aliphatic carbocycles. The Bertz CT molecular complexity index is 843. The van der Waals surface area contributed by atoms with Crippen molar-refractivity contribution in [1.82, 2.24) is 0 Å². The van der Waals surface area contributed by atoms with Crippen LogP contribution in [0.3, 0.4) is 0 Å². The third kappa shape index (κ3) is 2.29. The minimum absolute atomic E-state index is 0.0261. The predicted molar refractivity (Wildman–Crippen MR) is 84.6 cm³/mol. The van der Waals surface area contributed by atoms with E-state index in [-0.39, 0.29) is 5.76 Å². The average Bonchev–Trinajstić information content (AvgIpc) is 2.53. The van der Waals surface area contributed by atoms with Gasteiger partial charge in [0.05, 0.1) is 11.6 Å². The highest BCUT2D eigenvalue weighted by molar-refractivity contribution is 5.86. The lowest BCUT2D eigenvalue weighted by molar-refractivity contribution is 0.514. The van der Waals surface area contributed by atoms with Crippen molar-refractivity contribution in [3.8, 4) is 6.07 Å². The van der Waals surface area contributed by atoms with Gasteiger partial charge >= 0.3 is 0 Å². The second kappa shape index (κ2) is 5.50. The maximum atomic E-state index is 14.3. The van der Waals surface area contributed by atoms with Gasteiger partial charge in [-0.25, -0.2) is 4.39 Å². The van der Waals surface area contributed by atoms with E-state index in [4.69, 9.17) is 0 Å². The van der Waals surface area contributed by atoms with Crippen molar-refractivity contribution in [3.05, 3.63) is 82.7 Å². The van der Waals surface area contributed by atoms with Crippen molar-refractivity contribution < 1.29 is 9.50 Å². The summed E-state index contributed by atoms with van der Waals surface area (Å²) in [6.45, 7) is 3.53. The van der Waals surface area contributed by atoms with E-state index < -0.39 is 5.82 Å². The molecule has 0 saturated heterocycles. The van der Waals surface area contributed by atoms with Gasteiger partial charge in [0.25, 0.3) is 0 Å². The Morgan fingerprint density at radius 1 is 1.27 bits per heavy atom. The van der Waals surface area contributed by atoms with Crippen LogP contribution < -0.4 is 0 Å². The van der Waals surface area contributed by atoms with E-state index in [1.165, 1.54) is 12.1 Å². The van der Waals surface area contributed by atoms with Gasteiger partial charge in [-0.2, -0.15) is 5.26 Å². The zero-order valence-corrected chi connectivity index (χ0v) is 11.9. The summed E-state index contributed by atoms with van der Waals surface area (Å²) in [5.41, 5.74) is 3.87. The first kappa shape index (κ1) is 14.1. The molecule has 0 fully saturated rings. The van der Waals surface area contributed by atoms with Crippen molar-refractivity contribution in [1.29, 1.82) is 5.26 Å². The van der Waals surface area contributed by atoms with Crippen LogP contribution in [-0.2, 0) is 6.42 Å². The summed E-state index contributed by atoms with van der Waals surface area (Å²) in [6.07, 6.45) is 3.60. The standard InChI is InChI=1S/C19H14FNO/c1-12(22)14-9-8-13-4-2-6-16(17(13)10-14)19-15(11-21)5-3-7-18(19)20/h3,5-10,22H,1-2,4H2. The van der Waals surface area contributed by atoms with Gasteiger partial charge in [-0.3, -0.25) is 0 Å². The van der Waals surface area contributed by atoms with Crippen molar-refractivity contribution in [2.45, 2.75) is 12.8 Å². The van der Waals surface area contributed by atoms with Crippen LogP contribution in [-0.4, -0.2) is 5.11 Å². The molecule has 1 N–H and O–H groups in total. The highest BCUT2D eigenvalue weighted by Gasteiger charge is 2.20. The Morgan fingerprint density at radius 3 is 2.82 bits per heavy atom. The van der Waals surface area contributed by atoms with Crippen LogP contribution >= 0.6 is 0 Å². The van der Waals surface area contributed by atoms with Crippen LogP contribution in [0, 0.1) is 17.1 Å². The highest BCUT2D eigenvalue weighted by Crippen LogP contribution is 2.35. The van der Waals surface area contributed by atoms with Gasteiger partial charge in [0.1, 0.15) is 11.6 Å². The molecule has 22 heavy (non-hydrogen) atoms. The van der Waals surface area contributed by atoms with Gasteiger partial charge in [0.2, 0.25) is 0 Å². The number of nitriles is 1. The topological polar surface area (TPSA) is 44.0 Å². The number of halogens is 1. The van der Waals surface area contributed by atoms with E-state index in [0.29, 0.717) is 22.3 Å². The Kier molecular flexibility index (Phi) is 3.52. The number of fused-ring (bicyclic) bond motifs is 1. The Morgan fingerprint density at radius 2 is 2.09 bits per heavy atom. The van der Waals surface area contributed by atoms with Crippen molar-refractivity contribution in [3.63, 3.8) is 0 Å². The average molecular weight is 291 g/mol. The summed E-state index contributed by atoms with van der Waals surface area (Å²) in [5, 5.41) is 18.9. The third-order valence-electron chi connectivity index (χ3n) is 3.90. The molecule has 3 heteroatoms. The third-order valence-corrected chi connectivity index (χ3v) is 3.90. The Hall–Kier alpha value is -2.86. The summed E-state index contributed by atoms with van der Waals surface area (Å²) < 4.78 is 14.3. The van der Waals surface area contributed by atoms with Gasteiger partial charge in [-0.15, -0.1) is 0 Å². The SMILES string of the molecule is C=C(O)c1ccc2c(c1)C(c1c(F)cccc1C#N)=CCC2. The van der Waals surface area contributed by atoms with Gasteiger partial charge in [-0.05, 0) is 47.7 Å². The van der Waals surface area contributed by atoms with E-state index >= 15 is 0 Å². The van der Waals surface area contributed by atoms with Crippen LogP contribution in [0.4, 0.5) is 4.39 Å². The lowest BCUT2D eigenvalue weighted by atomic mass is 9.84. The molecule has 0 aromatic heterocycles. The first-order chi connectivity index (χ1) is 10.6. The number of nitrogens with zero attached hydrogens (tertiary/aromatic N) is 1. The van der Waals surface area contributed by atoms with Crippen LogP contribution in [0.25, 0.3) is 11.3 Å². The molecule has 2 aromatic carbocycles. The number of allylic oxidation sites excluding steroid dienone is 1. The van der Waals surface area contributed by atoms with Crippen molar-refractivity contribution in [2.24, 2.45) is 0 Å². The first-order valence-corrected chi connectivity index (χ1v) is 7.02. The largest absolute Gasteiger partial charge is 0.508 e. The summed E-state index contributed by atoms with van der Waals surface area (Å²) in [5.74, 6) is -0.437. The molecular formula is C19H14FNO. The molecule has 0 radical (unpaired) electrons. The van der Waals surface area contributed by atoms with Gasteiger partial charge in [-0.1, -0.05) is 30.9 Å². The van der Waals surface area contributed by atoms with E-state index in [2.05, 4.69) is 12.6 Å². The lowest BCUT2D eigenvalue weighted by Gasteiger charge is -2.20. The molecule has 0 atom stereocenters. The monoisotopic (exact) mass is 291 g/mol. The molecule has 0 heterocycles. The molecule has 2 nitrogen and oxygen atoms in total. The van der Waals surface area contributed by atoms with Crippen LogP contribution in [0.5, 0.6) is 0 Å². The zero-order chi connectivity index (χ0) is 15.7. The smallest absolute Gasteiger partial charge is 0.132 e. The predicted octanol–water partition coefficient (Wildman–Crippen LogP) is 4.60. The Labute approximate surface area is 128 Å². The molecule has 3 rings (SSSR count). The van der Waals surface area contributed by atoms with Crippen LogP contribution in [0.15, 0.2) is 49.1 Å². The molecule has 0 aliphatic heterocycles.